The topological polar surface area (TPSA) is 38.8 Å². The molecule has 1 aliphatic heterocycles. The van der Waals surface area contributed by atoms with E-state index in [4.69, 9.17) is 21.1 Å². The minimum Gasteiger partial charge on any atom is -0.481 e. The highest BCUT2D eigenvalue weighted by atomic mass is 35.5. The van der Waals surface area contributed by atoms with Crippen LogP contribution in [0, 0.1) is 12.7 Å². The summed E-state index contributed by atoms with van der Waals surface area (Å²) < 4.78 is 24.8. The van der Waals surface area contributed by atoms with Crippen molar-refractivity contribution in [2.75, 3.05) is 13.2 Å². The Labute approximate surface area is 170 Å². The van der Waals surface area contributed by atoms with Crippen LogP contribution in [0.3, 0.4) is 0 Å². The van der Waals surface area contributed by atoms with Gasteiger partial charge in [0.05, 0.1) is 6.10 Å². The van der Waals surface area contributed by atoms with Crippen LogP contribution in [0.5, 0.6) is 5.75 Å². The van der Waals surface area contributed by atoms with Crippen molar-refractivity contribution in [1.29, 1.82) is 0 Å². The minimum absolute atomic E-state index is 0.0226. The lowest BCUT2D eigenvalue weighted by Crippen LogP contribution is -2.43. The molecule has 4 nitrogen and oxygen atoms in total. The first-order chi connectivity index (χ1) is 13.4. The molecule has 1 heterocycles. The summed E-state index contributed by atoms with van der Waals surface area (Å²) in [4.78, 5) is 14.8. The number of hydrogen-bond donors (Lipinski definition) is 0. The van der Waals surface area contributed by atoms with Crippen molar-refractivity contribution in [3.63, 3.8) is 0 Å². The number of aryl methyl sites for hydroxylation is 1. The van der Waals surface area contributed by atoms with E-state index in [0.717, 1.165) is 30.6 Å². The van der Waals surface area contributed by atoms with Crippen LogP contribution in [-0.4, -0.2) is 36.2 Å². The third-order valence-corrected chi connectivity index (χ3v) is 5.26. The maximum absolute atomic E-state index is 13.2. The summed E-state index contributed by atoms with van der Waals surface area (Å²) in [6.07, 6.45) is 1.29. The average molecular weight is 406 g/mol. The standard InChI is InChI=1S/C22H25ClFNO3/c1-15-12-19(9-10-21(15)23)28-16(2)22(26)25(14-20-4-3-11-27-20)13-17-5-7-18(24)8-6-17/h5-10,12,16,20H,3-4,11,13-14H2,1-2H3. The van der Waals surface area contributed by atoms with Crippen LogP contribution in [0.4, 0.5) is 4.39 Å². The molecule has 28 heavy (non-hydrogen) atoms. The number of ether oxygens (including phenoxy) is 2. The van der Waals surface area contributed by atoms with E-state index < -0.39 is 6.10 Å². The van der Waals surface area contributed by atoms with Crippen molar-refractivity contribution in [1.82, 2.24) is 4.90 Å². The first-order valence-electron chi connectivity index (χ1n) is 9.50. The number of amides is 1. The molecule has 0 spiro atoms. The molecule has 6 heteroatoms. The molecule has 1 aliphatic rings. The summed E-state index contributed by atoms with van der Waals surface area (Å²) in [5.74, 6) is 0.171. The SMILES string of the molecule is Cc1cc(OC(C)C(=O)N(Cc2ccc(F)cc2)CC2CCCO2)ccc1Cl. The Morgan fingerprint density at radius 3 is 2.71 bits per heavy atom. The maximum Gasteiger partial charge on any atom is 0.263 e. The molecule has 0 radical (unpaired) electrons. The van der Waals surface area contributed by atoms with E-state index in [1.165, 1.54) is 12.1 Å². The number of nitrogens with zero attached hydrogens (tertiary/aromatic N) is 1. The molecular weight excluding hydrogens is 381 g/mol. The summed E-state index contributed by atoms with van der Waals surface area (Å²) in [5.41, 5.74) is 1.75. The van der Waals surface area contributed by atoms with Crippen LogP contribution in [0.2, 0.25) is 5.02 Å². The predicted molar refractivity (Wildman–Crippen MR) is 107 cm³/mol. The second kappa shape index (κ2) is 9.39. The number of hydrogen-bond acceptors (Lipinski definition) is 3. The van der Waals surface area contributed by atoms with Crippen LogP contribution in [0.15, 0.2) is 42.5 Å². The van der Waals surface area contributed by atoms with Crippen molar-refractivity contribution in [3.8, 4) is 5.75 Å². The van der Waals surface area contributed by atoms with Gasteiger partial charge in [-0.05, 0) is 68.1 Å². The Kier molecular flexibility index (Phi) is 6.92. The Morgan fingerprint density at radius 1 is 1.32 bits per heavy atom. The van der Waals surface area contributed by atoms with Crippen LogP contribution in [0.1, 0.15) is 30.9 Å². The quantitative estimate of drug-likeness (QED) is 0.666. The zero-order valence-corrected chi connectivity index (χ0v) is 16.9. The number of halogens is 2. The molecule has 0 bridgehead atoms. The maximum atomic E-state index is 13.2. The number of rotatable bonds is 7. The third-order valence-electron chi connectivity index (χ3n) is 4.84. The van der Waals surface area contributed by atoms with E-state index in [2.05, 4.69) is 0 Å². The second-order valence-electron chi connectivity index (χ2n) is 7.15. The van der Waals surface area contributed by atoms with Gasteiger partial charge in [-0.15, -0.1) is 0 Å². The molecule has 3 rings (SSSR count). The van der Waals surface area contributed by atoms with Gasteiger partial charge in [0.25, 0.3) is 5.91 Å². The van der Waals surface area contributed by atoms with Gasteiger partial charge in [-0.3, -0.25) is 4.79 Å². The highest BCUT2D eigenvalue weighted by molar-refractivity contribution is 6.31. The van der Waals surface area contributed by atoms with Crippen molar-refractivity contribution >= 4 is 17.5 Å². The fourth-order valence-electron chi connectivity index (χ4n) is 3.28. The van der Waals surface area contributed by atoms with Gasteiger partial charge in [0.2, 0.25) is 0 Å². The minimum atomic E-state index is -0.664. The lowest BCUT2D eigenvalue weighted by Gasteiger charge is -2.28. The smallest absolute Gasteiger partial charge is 0.263 e. The number of benzene rings is 2. The molecule has 0 aliphatic carbocycles. The fraction of sp³-hybridized carbons (Fsp3) is 0.409. The lowest BCUT2D eigenvalue weighted by atomic mass is 10.1. The summed E-state index contributed by atoms with van der Waals surface area (Å²) in [5, 5.41) is 0.655. The van der Waals surface area contributed by atoms with E-state index in [1.807, 2.05) is 13.0 Å². The van der Waals surface area contributed by atoms with E-state index >= 15 is 0 Å². The normalized spacial score (nSPS) is 17.4. The molecule has 2 atom stereocenters. The predicted octanol–water partition coefficient (Wildman–Crippen LogP) is 4.76. The van der Waals surface area contributed by atoms with Crippen molar-refractivity contribution in [2.45, 2.75) is 45.4 Å². The second-order valence-corrected chi connectivity index (χ2v) is 7.56. The molecular formula is C22H25ClFNO3. The van der Waals surface area contributed by atoms with E-state index in [0.29, 0.717) is 23.9 Å². The van der Waals surface area contributed by atoms with Gasteiger partial charge in [0.1, 0.15) is 11.6 Å². The molecule has 1 saturated heterocycles. The first kappa shape index (κ1) is 20.6. The van der Waals surface area contributed by atoms with Crippen molar-refractivity contribution < 1.29 is 18.7 Å². The first-order valence-corrected chi connectivity index (χ1v) is 9.88. The van der Waals surface area contributed by atoms with Gasteiger partial charge in [-0.2, -0.15) is 0 Å². The molecule has 2 aromatic rings. The highest BCUT2D eigenvalue weighted by Gasteiger charge is 2.27. The van der Waals surface area contributed by atoms with E-state index in [1.54, 1.807) is 36.1 Å². The van der Waals surface area contributed by atoms with Crippen LogP contribution >= 0.6 is 11.6 Å². The zero-order chi connectivity index (χ0) is 20.1. The molecule has 1 amide bonds. The Bertz CT molecular complexity index is 806. The fourth-order valence-corrected chi connectivity index (χ4v) is 3.40. The van der Waals surface area contributed by atoms with Crippen LogP contribution < -0.4 is 4.74 Å². The lowest BCUT2D eigenvalue weighted by molar-refractivity contribution is -0.140. The average Bonchev–Trinajstić information content (AvgIpc) is 3.18. The Balaban J connectivity index is 1.71. The van der Waals surface area contributed by atoms with Gasteiger partial charge in [-0.25, -0.2) is 4.39 Å². The van der Waals surface area contributed by atoms with Gasteiger partial charge in [0.15, 0.2) is 6.10 Å². The van der Waals surface area contributed by atoms with E-state index in [9.17, 15) is 9.18 Å². The summed E-state index contributed by atoms with van der Waals surface area (Å²) in [6.45, 7) is 5.22. The van der Waals surface area contributed by atoms with Crippen molar-refractivity contribution in [2.24, 2.45) is 0 Å². The molecule has 0 N–H and O–H groups in total. The summed E-state index contributed by atoms with van der Waals surface area (Å²) in [6, 6.07) is 11.5. The van der Waals surface area contributed by atoms with Gasteiger partial charge >= 0.3 is 0 Å². The van der Waals surface area contributed by atoms with Gasteiger partial charge in [-0.1, -0.05) is 23.7 Å². The molecule has 0 saturated carbocycles. The molecule has 2 aromatic carbocycles. The van der Waals surface area contributed by atoms with E-state index in [-0.39, 0.29) is 17.8 Å². The number of carbonyl (C=O) groups excluding carboxylic acids is 1. The third kappa shape index (κ3) is 5.46. The summed E-state index contributed by atoms with van der Waals surface area (Å²) in [7, 11) is 0. The Morgan fingerprint density at radius 2 is 2.07 bits per heavy atom. The molecule has 2 unspecified atom stereocenters. The van der Waals surface area contributed by atoms with Crippen molar-refractivity contribution in [3.05, 3.63) is 64.4 Å². The van der Waals surface area contributed by atoms with Crippen LogP contribution in [-0.2, 0) is 16.1 Å². The van der Waals surface area contributed by atoms with Gasteiger partial charge in [0, 0.05) is 24.7 Å². The summed E-state index contributed by atoms with van der Waals surface area (Å²) >= 11 is 6.06. The molecule has 0 aromatic heterocycles. The van der Waals surface area contributed by atoms with Gasteiger partial charge < -0.3 is 14.4 Å². The zero-order valence-electron chi connectivity index (χ0n) is 16.2. The monoisotopic (exact) mass is 405 g/mol. The highest BCUT2D eigenvalue weighted by Crippen LogP contribution is 2.23. The molecule has 1 fully saturated rings. The largest absolute Gasteiger partial charge is 0.481 e. The Hall–Kier alpha value is -2.11. The number of carbonyl (C=O) groups is 1. The van der Waals surface area contributed by atoms with Crippen LogP contribution in [0.25, 0.3) is 0 Å². The molecule has 150 valence electrons.